The van der Waals surface area contributed by atoms with Crippen LogP contribution in [0.3, 0.4) is 0 Å². The SMILES string of the molecule is c1cnc2c(c1)CCC(CCCc1ccc3cn[nH]c3c1)N2. The molecule has 22 heavy (non-hydrogen) atoms. The summed E-state index contributed by atoms with van der Waals surface area (Å²) in [6, 6.07) is 11.3. The van der Waals surface area contributed by atoms with Crippen molar-refractivity contribution in [1.82, 2.24) is 15.2 Å². The van der Waals surface area contributed by atoms with Gasteiger partial charge in [0.25, 0.3) is 0 Å². The van der Waals surface area contributed by atoms with Gasteiger partial charge in [-0.05, 0) is 55.4 Å². The van der Waals surface area contributed by atoms with Gasteiger partial charge in [0.05, 0.1) is 11.7 Å². The molecule has 4 rings (SSSR count). The van der Waals surface area contributed by atoms with Crippen molar-refractivity contribution >= 4 is 16.7 Å². The second-order valence-electron chi connectivity index (χ2n) is 6.07. The molecule has 1 atom stereocenters. The van der Waals surface area contributed by atoms with Crippen molar-refractivity contribution in [2.75, 3.05) is 5.32 Å². The van der Waals surface area contributed by atoms with E-state index in [1.807, 2.05) is 18.5 Å². The molecular formula is C18H20N4. The molecule has 2 N–H and O–H groups in total. The number of hydrogen-bond donors (Lipinski definition) is 2. The first-order valence-corrected chi connectivity index (χ1v) is 8.01. The molecule has 0 amide bonds. The summed E-state index contributed by atoms with van der Waals surface area (Å²) in [6.07, 6.45) is 9.58. The fourth-order valence-electron chi connectivity index (χ4n) is 3.27. The summed E-state index contributed by atoms with van der Waals surface area (Å²) in [5, 5.41) is 11.9. The van der Waals surface area contributed by atoms with E-state index in [-0.39, 0.29) is 0 Å². The third-order valence-corrected chi connectivity index (χ3v) is 4.52. The summed E-state index contributed by atoms with van der Waals surface area (Å²) in [5.74, 6) is 1.08. The van der Waals surface area contributed by atoms with Crippen LogP contribution in [-0.2, 0) is 12.8 Å². The molecule has 4 nitrogen and oxygen atoms in total. The molecule has 1 aliphatic heterocycles. The Morgan fingerprint density at radius 3 is 3.23 bits per heavy atom. The lowest BCUT2D eigenvalue weighted by atomic mass is 9.96. The lowest BCUT2D eigenvalue weighted by molar-refractivity contribution is 0.559. The first-order chi connectivity index (χ1) is 10.9. The zero-order valence-corrected chi connectivity index (χ0v) is 12.5. The van der Waals surface area contributed by atoms with E-state index >= 15 is 0 Å². The maximum absolute atomic E-state index is 4.44. The van der Waals surface area contributed by atoms with Gasteiger partial charge in [0, 0.05) is 17.6 Å². The maximum Gasteiger partial charge on any atom is 0.129 e. The standard InChI is InChI=1S/C18H20N4/c1(3-13-6-7-15-12-20-22-17(15)11-13)5-16-9-8-14-4-2-10-19-18(14)21-16/h2,4,6-7,10-12,16H,1,3,5,8-9H2,(H,19,21)(H,20,22). The van der Waals surface area contributed by atoms with Gasteiger partial charge < -0.3 is 5.32 Å². The smallest absolute Gasteiger partial charge is 0.129 e. The van der Waals surface area contributed by atoms with Crippen LogP contribution in [0.5, 0.6) is 0 Å². The van der Waals surface area contributed by atoms with E-state index in [1.54, 1.807) is 0 Å². The number of H-pyrrole nitrogens is 1. The van der Waals surface area contributed by atoms with Gasteiger partial charge in [-0.1, -0.05) is 18.2 Å². The molecule has 0 spiro atoms. The molecule has 0 bridgehead atoms. The number of nitrogens with one attached hydrogen (secondary N) is 2. The van der Waals surface area contributed by atoms with E-state index in [9.17, 15) is 0 Å². The van der Waals surface area contributed by atoms with E-state index < -0.39 is 0 Å². The number of aryl methyl sites for hydroxylation is 2. The van der Waals surface area contributed by atoms with Gasteiger partial charge >= 0.3 is 0 Å². The summed E-state index contributed by atoms with van der Waals surface area (Å²) in [4.78, 5) is 4.44. The van der Waals surface area contributed by atoms with Crippen LogP contribution < -0.4 is 5.32 Å². The highest BCUT2D eigenvalue weighted by atomic mass is 15.1. The minimum absolute atomic E-state index is 0.554. The van der Waals surface area contributed by atoms with Crippen LogP contribution in [0.4, 0.5) is 5.82 Å². The number of nitrogens with zero attached hydrogens (tertiary/aromatic N) is 2. The van der Waals surface area contributed by atoms with E-state index in [4.69, 9.17) is 0 Å². The van der Waals surface area contributed by atoms with Crippen molar-refractivity contribution < 1.29 is 0 Å². The number of pyridine rings is 1. The highest BCUT2D eigenvalue weighted by Gasteiger charge is 2.17. The third kappa shape index (κ3) is 2.69. The van der Waals surface area contributed by atoms with Crippen LogP contribution in [0, 0.1) is 0 Å². The molecule has 1 aliphatic rings. The van der Waals surface area contributed by atoms with Gasteiger partial charge in [-0.15, -0.1) is 0 Å². The lowest BCUT2D eigenvalue weighted by Gasteiger charge is -2.26. The molecule has 1 aromatic carbocycles. The monoisotopic (exact) mass is 292 g/mol. The summed E-state index contributed by atoms with van der Waals surface area (Å²) in [6.45, 7) is 0. The summed E-state index contributed by atoms with van der Waals surface area (Å²) in [5.41, 5.74) is 3.86. The Morgan fingerprint density at radius 1 is 1.23 bits per heavy atom. The van der Waals surface area contributed by atoms with Crippen molar-refractivity contribution in [3.8, 4) is 0 Å². The fraction of sp³-hybridized carbons (Fsp3) is 0.333. The first kappa shape index (κ1) is 13.3. The first-order valence-electron chi connectivity index (χ1n) is 8.01. The summed E-state index contributed by atoms with van der Waals surface area (Å²) in [7, 11) is 0. The predicted octanol–water partition coefficient (Wildman–Crippen LogP) is 3.71. The molecule has 3 heterocycles. The zero-order chi connectivity index (χ0) is 14.8. The Labute approximate surface area is 130 Å². The van der Waals surface area contributed by atoms with Gasteiger partial charge in [0.1, 0.15) is 5.82 Å². The average molecular weight is 292 g/mol. The van der Waals surface area contributed by atoms with Crippen LogP contribution in [-0.4, -0.2) is 21.2 Å². The molecule has 4 heteroatoms. The topological polar surface area (TPSA) is 53.6 Å². The van der Waals surface area contributed by atoms with Gasteiger partial charge in [-0.2, -0.15) is 5.10 Å². The van der Waals surface area contributed by atoms with Crippen molar-refractivity contribution in [1.29, 1.82) is 0 Å². The molecule has 0 saturated carbocycles. The van der Waals surface area contributed by atoms with Gasteiger partial charge in [0.2, 0.25) is 0 Å². The molecule has 0 saturated heterocycles. The molecule has 1 unspecified atom stereocenters. The predicted molar refractivity (Wildman–Crippen MR) is 89.0 cm³/mol. The normalized spacial score (nSPS) is 17.2. The van der Waals surface area contributed by atoms with E-state index in [2.05, 4.69) is 44.8 Å². The largest absolute Gasteiger partial charge is 0.367 e. The Kier molecular flexibility index (Phi) is 3.51. The Morgan fingerprint density at radius 2 is 2.23 bits per heavy atom. The molecule has 0 radical (unpaired) electrons. The van der Waals surface area contributed by atoms with Crippen LogP contribution in [0.2, 0.25) is 0 Å². The number of benzene rings is 1. The lowest BCUT2D eigenvalue weighted by Crippen LogP contribution is -2.26. The number of fused-ring (bicyclic) bond motifs is 2. The number of anilines is 1. The Hall–Kier alpha value is -2.36. The third-order valence-electron chi connectivity index (χ3n) is 4.52. The fourth-order valence-corrected chi connectivity index (χ4v) is 3.27. The van der Waals surface area contributed by atoms with Gasteiger partial charge in [-0.25, -0.2) is 4.98 Å². The van der Waals surface area contributed by atoms with Crippen LogP contribution in [0.1, 0.15) is 30.4 Å². The quantitative estimate of drug-likeness (QED) is 0.771. The average Bonchev–Trinajstić information content (AvgIpc) is 3.02. The van der Waals surface area contributed by atoms with Crippen molar-refractivity contribution in [2.45, 2.75) is 38.1 Å². The number of aromatic amines is 1. The Bertz CT molecular complexity index is 777. The van der Waals surface area contributed by atoms with Gasteiger partial charge in [-0.3, -0.25) is 5.10 Å². The number of hydrogen-bond acceptors (Lipinski definition) is 3. The van der Waals surface area contributed by atoms with Crippen LogP contribution in [0.15, 0.2) is 42.7 Å². The van der Waals surface area contributed by atoms with Crippen molar-refractivity contribution in [3.05, 3.63) is 53.9 Å². The number of aromatic nitrogens is 3. The molecule has 0 aliphatic carbocycles. The Balaban J connectivity index is 1.34. The highest BCUT2D eigenvalue weighted by Crippen LogP contribution is 2.24. The van der Waals surface area contributed by atoms with Crippen molar-refractivity contribution in [2.24, 2.45) is 0 Å². The summed E-state index contributed by atoms with van der Waals surface area (Å²) < 4.78 is 0. The summed E-state index contributed by atoms with van der Waals surface area (Å²) >= 11 is 0. The van der Waals surface area contributed by atoms with Crippen LogP contribution in [0.25, 0.3) is 10.9 Å². The molecule has 0 fully saturated rings. The minimum atomic E-state index is 0.554. The maximum atomic E-state index is 4.44. The molecular weight excluding hydrogens is 272 g/mol. The second-order valence-corrected chi connectivity index (χ2v) is 6.07. The molecule has 3 aromatic rings. The van der Waals surface area contributed by atoms with E-state index in [0.717, 1.165) is 24.2 Å². The van der Waals surface area contributed by atoms with Crippen molar-refractivity contribution in [3.63, 3.8) is 0 Å². The molecule has 2 aromatic heterocycles. The highest BCUT2D eigenvalue weighted by molar-refractivity contribution is 5.78. The van der Waals surface area contributed by atoms with Crippen LogP contribution >= 0.6 is 0 Å². The second kappa shape index (κ2) is 5.79. The number of rotatable bonds is 4. The molecule has 112 valence electrons. The van der Waals surface area contributed by atoms with E-state index in [1.165, 1.54) is 35.8 Å². The minimum Gasteiger partial charge on any atom is -0.367 e. The van der Waals surface area contributed by atoms with E-state index in [0.29, 0.717) is 6.04 Å². The zero-order valence-electron chi connectivity index (χ0n) is 12.5. The van der Waals surface area contributed by atoms with Gasteiger partial charge in [0.15, 0.2) is 0 Å².